The normalized spacial score (nSPS) is 29.8. The molecular weight excluding hydrogens is 340 g/mol. The highest BCUT2D eigenvalue weighted by molar-refractivity contribution is 7.81. The van der Waals surface area contributed by atoms with Gasteiger partial charge in [0.2, 0.25) is 12.2 Å². The van der Waals surface area contributed by atoms with Crippen LogP contribution in [0.1, 0.15) is 6.92 Å². The molecule has 3 N–H and O–H groups in total. The van der Waals surface area contributed by atoms with Gasteiger partial charge in [0.15, 0.2) is 0 Å². The van der Waals surface area contributed by atoms with E-state index in [1.54, 1.807) is 0 Å². The van der Waals surface area contributed by atoms with Crippen LogP contribution in [0.4, 0.5) is 5.69 Å². The molecule has 1 amide bonds. The highest BCUT2D eigenvalue weighted by Crippen LogP contribution is 2.28. The third kappa shape index (κ3) is 4.15. The van der Waals surface area contributed by atoms with Crippen LogP contribution in [0.2, 0.25) is 0 Å². The van der Waals surface area contributed by atoms with Gasteiger partial charge in [0.05, 0.1) is 22.9 Å². The first-order valence-corrected chi connectivity index (χ1v) is 7.65. The van der Waals surface area contributed by atoms with Crippen molar-refractivity contribution in [3.05, 3.63) is 34.4 Å². The Morgan fingerprint density at radius 3 is 2.58 bits per heavy atom. The zero-order valence-corrected chi connectivity index (χ0v) is 13.6. The number of hydrogen-bond donors (Lipinski definition) is 4. The van der Waals surface area contributed by atoms with Gasteiger partial charge in [-0.2, -0.15) is 12.6 Å². The fourth-order valence-corrected chi connectivity index (χ4v) is 2.76. The lowest BCUT2D eigenvalue weighted by Crippen LogP contribution is -2.63. The van der Waals surface area contributed by atoms with E-state index in [9.17, 15) is 25.1 Å². The van der Waals surface area contributed by atoms with Crippen molar-refractivity contribution < 1.29 is 29.4 Å². The van der Waals surface area contributed by atoms with Gasteiger partial charge in [-0.1, -0.05) is 0 Å². The second kappa shape index (κ2) is 7.79. The number of nitrogens with one attached hydrogen (secondary N) is 1. The number of ether oxygens (including phenoxy) is 2. The van der Waals surface area contributed by atoms with Gasteiger partial charge in [-0.25, -0.2) is 0 Å². The van der Waals surface area contributed by atoms with Crippen molar-refractivity contribution in [2.24, 2.45) is 0 Å². The van der Waals surface area contributed by atoms with Gasteiger partial charge in [-0.15, -0.1) is 0 Å². The van der Waals surface area contributed by atoms with Crippen molar-refractivity contribution in [1.82, 2.24) is 5.32 Å². The van der Waals surface area contributed by atoms with E-state index in [-0.39, 0.29) is 17.3 Å². The molecule has 1 aliphatic rings. The number of benzene rings is 1. The molecule has 0 saturated carbocycles. The lowest BCUT2D eigenvalue weighted by molar-refractivity contribution is -0.384. The lowest BCUT2D eigenvalue weighted by atomic mass is 9.99. The number of nitro benzene ring substituents is 1. The molecule has 9 nitrogen and oxygen atoms in total. The molecule has 132 valence electrons. The van der Waals surface area contributed by atoms with E-state index < -0.39 is 41.3 Å². The van der Waals surface area contributed by atoms with Crippen LogP contribution in [0.3, 0.4) is 0 Å². The van der Waals surface area contributed by atoms with Crippen LogP contribution in [0.25, 0.3) is 0 Å². The number of rotatable bonds is 5. The van der Waals surface area contributed by atoms with Crippen molar-refractivity contribution in [2.45, 2.75) is 36.7 Å². The highest BCUT2D eigenvalue weighted by atomic mass is 32.1. The summed E-state index contributed by atoms with van der Waals surface area (Å²) in [6, 6.07) is 4.53. The van der Waals surface area contributed by atoms with Crippen LogP contribution < -0.4 is 10.1 Å². The van der Waals surface area contributed by atoms with E-state index in [1.165, 1.54) is 31.2 Å². The Bertz CT molecular complexity index is 597. The molecule has 1 heterocycles. The summed E-state index contributed by atoms with van der Waals surface area (Å²) in [5, 5.41) is 31.9. The standard InChI is InChI=1S/C14H18N2O7S/c1-7(18)15-11-13(24)12(19)10(6-17)23-14(11)22-9-4-2-8(3-5-9)16(20)21/h2-5,10-14,17,19,24H,6H2,1H3,(H,15,18)/t10-,11-,12+,13-,14-/m1/s1. The van der Waals surface area contributed by atoms with Crippen LogP contribution in [0.5, 0.6) is 5.75 Å². The number of aliphatic hydroxyl groups is 2. The number of thiol groups is 1. The van der Waals surface area contributed by atoms with Gasteiger partial charge >= 0.3 is 0 Å². The van der Waals surface area contributed by atoms with Gasteiger partial charge in [0.1, 0.15) is 17.9 Å². The number of hydrogen-bond acceptors (Lipinski definition) is 8. The molecule has 10 heteroatoms. The first-order chi connectivity index (χ1) is 11.3. The molecule has 5 atom stereocenters. The molecule has 1 aromatic carbocycles. The maximum absolute atomic E-state index is 11.4. The average Bonchev–Trinajstić information content (AvgIpc) is 2.54. The van der Waals surface area contributed by atoms with Crippen molar-refractivity contribution in [3.63, 3.8) is 0 Å². The summed E-state index contributed by atoms with van der Waals surface area (Å²) in [7, 11) is 0. The molecular formula is C14H18N2O7S. The summed E-state index contributed by atoms with van der Waals surface area (Å²) in [6.07, 6.45) is -3.06. The third-order valence-corrected chi connectivity index (χ3v) is 4.18. The molecule has 0 bridgehead atoms. The van der Waals surface area contributed by atoms with Crippen LogP contribution in [-0.4, -0.2) is 57.4 Å². The lowest BCUT2D eigenvalue weighted by Gasteiger charge is -2.42. The first-order valence-electron chi connectivity index (χ1n) is 7.14. The largest absolute Gasteiger partial charge is 0.463 e. The topological polar surface area (TPSA) is 131 Å². The molecule has 1 saturated heterocycles. The van der Waals surface area contributed by atoms with Crippen LogP contribution in [0, 0.1) is 10.1 Å². The Morgan fingerprint density at radius 2 is 2.08 bits per heavy atom. The minimum atomic E-state index is -1.10. The Morgan fingerprint density at radius 1 is 1.46 bits per heavy atom. The van der Waals surface area contributed by atoms with Gasteiger partial charge < -0.3 is 25.0 Å². The second-order valence-corrected chi connectivity index (χ2v) is 5.90. The van der Waals surface area contributed by atoms with E-state index in [1.807, 2.05) is 0 Å². The van der Waals surface area contributed by atoms with Gasteiger partial charge in [0.25, 0.3) is 5.69 Å². The highest BCUT2D eigenvalue weighted by Gasteiger charge is 2.45. The van der Waals surface area contributed by atoms with Crippen molar-refractivity contribution in [1.29, 1.82) is 0 Å². The van der Waals surface area contributed by atoms with Crippen LogP contribution in [-0.2, 0) is 9.53 Å². The van der Waals surface area contributed by atoms with Gasteiger partial charge in [0, 0.05) is 19.1 Å². The Hall–Kier alpha value is -1.88. The molecule has 24 heavy (non-hydrogen) atoms. The SMILES string of the molecule is CC(=O)N[C@H]1[C@H](Oc2ccc([N+](=O)[O-])cc2)O[C@H](CO)[C@H](O)[C@@H]1S. The number of nitrogens with zero attached hydrogens (tertiary/aromatic N) is 1. The summed E-state index contributed by atoms with van der Waals surface area (Å²) in [6.45, 7) is 0.846. The monoisotopic (exact) mass is 358 g/mol. The molecule has 0 unspecified atom stereocenters. The third-order valence-electron chi connectivity index (χ3n) is 3.55. The summed E-state index contributed by atoms with van der Waals surface area (Å²) in [4.78, 5) is 21.5. The molecule has 0 spiro atoms. The Labute approximate surface area is 143 Å². The minimum absolute atomic E-state index is 0.0962. The van der Waals surface area contributed by atoms with Crippen molar-refractivity contribution >= 4 is 24.2 Å². The first kappa shape index (κ1) is 18.5. The van der Waals surface area contributed by atoms with Crippen molar-refractivity contribution in [2.75, 3.05) is 6.61 Å². The predicted molar refractivity (Wildman–Crippen MR) is 85.9 cm³/mol. The van der Waals surface area contributed by atoms with Gasteiger partial charge in [-0.05, 0) is 12.1 Å². The molecule has 0 radical (unpaired) electrons. The fourth-order valence-electron chi connectivity index (χ4n) is 2.35. The molecule has 0 aromatic heterocycles. The second-order valence-electron chi connectivity index (χ2n) is 5.30. The number of nitro groups is 1. The average molecular weight is 358 g/mol. The maximum atomic E-state index is 11.4. The molecule has 1 fully saturated rings. The molecule has 1 aromatic rings. The number of non-ortho nitro benzene ring substituents is 1. The number of amides is 1. The van der Waals surface area contributed by atoms with Crippen LogP contribution >= 0.6 is 12.6 Å². The zero-order valence-electron chi connectivity index (χ0n) is 12.7. The summed E-state index contributed by atoms with van der Waals surface area (Å²) in [5.74, 6) is -0.0934. The summed E-state index contributed by atoms with van der Waals surface area (Å²) < 4.78 is 11.1. The van der Waals surface area contributed by atoms with Crippen molar-refractivity contribution in [3.8, 4) is 5.75 Å². The quantitative estimate of drug-likeness (QED) is 0.327. The van der Waals surface area contributed by atoms with E-state index in [0.717, 1.165) is 0 Å². The number of carbonyl (C=O) groups excluding carboxylic acids is 1. The van der Waals surface area contributed by atoms with Crippen LogP contribution in [0.15, 0.2) is 24.3 Å². The number of aliphatic hydroxyl groups excluding tert-OH is 2. The Kier molecular flexibility index (Phi) is 5.99. The van der Waals surface area contributed by atoms with E-state index in [0.29, 0.717) is 0 Å². The molecule has 1 aliphatic heterocycles. The van der Waals surface area contributed by atoms with E-state index in [4.69, 9.17) is 9.47 Å². The van der Waals surface area contributed by atoms with E-state index in [2.05, 4.69) is 17.9 Å². The smallest absolute Gasteiger partial charge is 0.269 e. The molecule has 0 aliphatic carbocycles. The van der Waals surface area contributed by atoms with E-state index >= 15 is 0 Å². The zero-order chi connectivity index (χ0) is 17.9. The van der Waals surface area contributed by atoms with Gasteiger partial charge in [-0.3, -0.25) is 14.9 Å². The summed E-state index contributed by atoms with van der Waals surface area (Å²) >= 11 is 4.28. The predicted octanol–water partition coefficient (Wildman–Crippen LogP) is -0.145. The minimum Gasteiger partial charge on any atom is -0.463 e. The molecule has 2 rings (SSSR count). The summed E-state index contributed by atoms with van der Waals surface area (Å²) in [5.41, 5.74) is -0.0962. The number of carbonyl (C=O) groups is 1. The fraction of sp³-hybridized carbons (Fsp3) is 0.500. The Balaban J connectivity index is 2.19. The maximum Gasteiger partial charge on any atom is 0.269 e.